The average molecular weight is 281 g/mol. The van der Waals surface area contributed by atoms with Crippen molar-refractivity contribution >= 4 is 17.1 Å². The highest BCUT2D eigenvalue weighted by atomic mass is 16.4. The molecule has 3 rings (SSSR count). The van der Waals surface area contributed by atoms with Crippen LogP contribution in [0.2, 0.25) is 0 Å². The number of hydrogen-bond acceptors (Lipinski definition) is 3. The van der Waals surface area contributed by atoms with Crippen LogP contribution in [0, 0.1) is 13.8 Å². The number of para-hydroxylation sites is 1. The van der Waals surface area contributed by atoms with Crippen molar-refractivity contribution in [2.24, 2.45) is 0 Å². The molecule has 0 radical (unpaired) electrons. The van der Waals surface area contributed by atoms with Crippen LogP contribution in [0.5, 0.6) is 0 Å². The van der Waals surface area contributed by atoms with Crippen LogP contribution in [0.25, 0.3) is 11.1 Å². The Morgan fingerprint density at radius 3 is 2.81 bits per heavy atom. The molecular formula is C17H15NO3. The predicted molar refractivity (Wildman–Crippen MR) is 79.7 cm³/mol. The topological polar surface area (TPSA) is 63.3 Å². The second-order valence-corrected chi connectivity index (χ2v) is 5.17. The number of carboxylic acids is 1. The Morgan fingerprint density at radius 2 is 2.05 bits per heavy atom. The van der Waals surface area contributed by atoms with Gasteiger partial charge in [-0.05, 0) is 37.1 Å². The van der Waals surface area contributed by atoms with Gasteiger partial charge in [0.1, 0.15) is 5.52 Å². The first-order valence-electron chi connectivity index (χ1n) is 6.72. The molecule has 1 N–H and O–H groups in total. The minimum Gasteiger partial charge on any atom is -0.478 e. The van der Waals surface area contributed by atoms with Gasteiger partial charge in [0.15, 0.2) is 11.5 Å². The summed E-state index contributed by atoms with van der Waals surface area (Å²) in [5.74, 6) is -0.459. The molecular weight excluding hydrogens is 266 g/mol. The summed E-state index contributed by atoms with van der Waals surface area (Å²) in [4.78, 5) is 15.6. The van der Waals surface area contributed by atoms with Gasteiger partial charge in [0, 0.05) is 6.42 Å². The van der Waals surface area contributed by atoms with Gasteiger partial charge in [-0.3, -0.25) is 0 Å². The maximum Gasteiger partial charge on any atom is 0.338 e. The fourth-order valence-corrected chi connectivity index (χ4v) is 2.40. The third kappa shape index (κ3) is 2.52. The van der Waals surface area contributed by atoms with Crippen molar-refractivity contribution in [3.05, 3.63) is 64.5 Å². The smallest absolute Gasteiger partial charge is 0.338 e. The summed E-state index contributed by atoms with van der Waals surface area (Å²) in [5.41, 5.74) is 4.57. The molecule has 3 aromatic rings. The van der Waals surface area contributed by atoms with E-state index in [4.69, 9.17) is 4.42 Å². The van der Waals surface area contributed by atoms with Gasteiger partial charge in [0.2, 0.25) is 0 Å². The van der Waals surface area contributed by atoms with E-state index in [1.165, 1.54) is 17.2 Å². The van der Waals surface area contributed by atoms with Gasteiger partial charge < -0.3 is 9.52 Å². The SMILES string of the molecule is Cc1ccc(C)c(Cc2nc3c(C(=O)O)cccc3o2)c1. The summed E-state index contributed by atoms with van der Waals surface area (Å²) >= 11 is 0. The summed E-state index contributed by atoms with van der Waals surface area (Å²) in [5, 5.41) is 9.18. The standard InChI is InChI=1S/C17H15NO3/c1-10-6-7-11(2)12(8-10)9-15-18-16-13(17(19)20)4-3-5-14(16)21-15/h3-8H,9H2,1-2H3,(H,19,20). The normalized spacial score (nSPS) is 11.0. The second-order valence-electron chi connectivity index (χ2n) is 5.17. The van der Waals surface area contributed by atoms with Crippen LogP contribution in [-0.4, -0.2) is 16.1 Å². The maximum atomic E-state index is 11.2. The Morgan fingerprint density at radius 1 is 1.24 bits per heavy atom. The molecule has 0 aliphatic rings. The van der Waals surface area contributed by atoms with Crippen LogP contribution >= 0.6 is 0 Å². The number of nitrogens with zero attached hydrogens (tertiary/aromatic N) is 1. The van der Waals surface area contributed by atoms with E-state index in [1.54, 1.807) is 12.1 Å². The molecule has 0 unspecified atom stereocenters. The number of benzene rings is 2. The molecule has 4 heteroatoms. The fourth-order valence-electron chi connectivity index (χ4n) is 2.40. The van der Waals surface area contributed by atoms with E-state index in [2.05, 4.69) is 23.2 Å². The summed E-state index contributed by atoms with van der Waals surface area (Å²) in [6, 6.07) is 11.2. The zero-order chi connectivity index (χ0) is 15.0. The quantitative estimate of drug-likeness (QED) is 0.794. The number of carboxylic acid groups (broad SMARTS) is 1. The van der Waals surface area contributed by atoms with Crippen LogP contribution in [0.3, 0.4) is 0 Å². The molecule has 106 valence electrons. The Kier molecular flexibility index (Phi) is 3.22. The zero-order valence-electron chi connectivity index (χ0n) is 11.9. The Balaban J connectivity index is 2.04. The highest BCUT2D eigenvalue weighted by Crippen LogP contribution is 2.22. The van der Waals surface area contributed by atoms with E-state index in [0.717, 1.165) is 5.56 Å². The number of aromatic nitrogens is 1. The maximum absolute atomic E-state index is 11.2. The minimum atomic E-state index is -0.993. The highest BCUT2D eigenvalue weighted by molar-refractivity contribution is 6.00. The van der Waals surface area contributed by atoms with Crippen LogP contribution in [-0.2, 0) is 6.42 Å². The third-order valence-corrected chi connectivity index (χ3v) is 3.54. The van der Waals surface area contributed by atoms with Crippen molar-refractivity contribution in [1.29, 1.82) is 0 Å². The van der Waals surface area contributed by atoms with Crippen LogP contribution in [0.15, 0.2) is 40.8 Å². The summed E-state index contributed by atoms with van der Waals surface area (Å²) in [7, 11) is 0. The summed E-state index contributed by atoms with van der Waals surface area (Å²) in [6.07, 6.45) is 0.557. The molecule has 0 saturated carbocycles. The number of oxazole rings is 1. The van der Waals surface area contributed by atoms with Gasteiger partial charge in [0.05, 0.1) is 5.56 Å². The van der Waals surface area contributed by atoms with Crippen LogP contribution < -0.4 is 0 Å². The lowest BCUT2D eigenvalue weighted by Crippen LogP contribution is -1.97. The molecule has 21 heavy (non-hydrogen) atoms. The van der Waals surface area contributed by atoms with E-state index >= 15 is 0 Å². The number of fused-ring (bicyclic) bond motifs is 1. The Bertz CT molecular complexity index is 833. The fraction of sp³-hybridized carbons (Fsp3) is 0.176. The average Bonchev–Trinajstić information content (AvgIpc) is 2.84. The number of aromatic carboxylic acids is 1. The van der Waals surface area contributed by atoms with Crippen molar-refractivity contribution in [2.75, 3.05) is 0 Å². The van der Waals surface area contributed by atoms with Gasteiger partial charge >= 0.3 is 5.97 Å². The van der Waals surface area contributed by atoms with Crippen molar-refractivity contribution in [2.45, 2.75) is 20.3 Å². The summed E-state index contributed by atoms with van der Waals surface area (Å²) < 4.78 is 5.68. The number of aryl methyl sites for hydroxylation is 2. The van der Waals surface area contributed by atoms with E-state index < -0.39 is 5.97 Å². The first-order chi connectivity index (χ1) is 10.0. The van der Waals surface area contributed by atoms with Crippen molar-refractivity contribution in [1.82, 2.24) is 4.98 Å². The largest absolute Gasteiger partial charge is 0.478 e. The molecule has 1 heterocycles. The number of hydrogen-bond donors (Lipinski definition) is 1. The second kappa shape index (κ2) is 5.05. The highest BCUT2D eigenvalue weighted by Gasteiger charge is 2.15. The van der Waals surface area contributed by atoms with Gasteiger partial charge in [-0.15, -0.1) is 0 Å². The molecule has 4 nitrogen and oxygen atoms in total. The molecule has 0 amide bonds. The van der Waals surface area contributed by atoms with Crippen molar-refractivity contribution < 1.29 is 14.3 Å². The molecule has 0 aliphatic heterocycles. The first kappa shape index (κ1) is 13.4. The van der Waals surface area contributed by atoms with Crippen molar-refractivity contribution in [3.63, 3.8) is 0 Å². The molecule has 0 spiro atoms. The molecule has 2 aromatic carbocycles. The third-order valence-electron chi connectivity index (χ3n) is 3.54. The zero-order valence-corrected chi connectivity index (χ0v) is 11.9. The molecule has 0 fully saturated rings. The summed E-state index contributed by atoms with van der Waals surface area (Å²) in [6.45, 7) is 4.08. The Labute approximate surface area is 122 Å². The van der Waals surface area contributed by atoms with E-state index in [1.807, 2.05) is 13.8 Å². The minimum absolute atomic E-state index is 0.170. The lowest BCUT2D eigenvalue weighted by molar-refractivity contribution is 0.0699. The molecule has 0 bridgehead atoms. The lowest BCUT2D eigenvalue weighted by Gasteiger charge is -2.04. The van der Waals surface area contributed by atoms with E-state index in [9.17, 15) is 9.90 Å². The number of carbonyl (C=O) groups is 1. The molecule has 0 atom stereocenters. The lowest BCUT2D eigenvalue weighted by atomic mass is 10.0. The first-order valence-corrected chi connectivity index (χ1v) is 6.72. The van der Waals surface area contributed by atoms with E-state index in [-0.39, 0.29) is 5.56 Å². The van der Waals surface area contributed by atoms with E-state index in [0.29, 0.717) is 23.4 Å². The van der Waals surface area contributed by atoms with Gasteiger partial charge in [-0.2, -0.15) is 0 Å². The van der Waals surface area contributed by atoms with Gasteiger partial charge in [-0.1, -0.05) is 29.8 Å². The Hall–Kier alpha value is -2.62. The van der Waals surface area contributed by atoms with Gasteiger partial charge in [0.25, 0.3) is 0 Å². The van der Waals surface area contributed by atoms with Crippen LogP contribution in [0.1, 0.15) is 32.9 Å². The molecule has 0 saturated heterocycles. The van der Waals surface area contributed by atoms with Gasteiger partial charge in [-0.25, -0.2) is 9.78 Å². The monoisotopic (exact) mass is 281 g/mol. The number of rotatable bonds is 3. The van der Waals surface area contributed by atoms with Crippen molar-refractivity contribution in [3.8, 4) is 0 Å². The molecule has 0 aliphatic carbocycles. The van der Waals surface area contributed by atoms with Crippen LogP contribution in [0.4, 0.5) is 0 Å². The molecule has 1 aromatic heterocycles. The predicted octanol–water partition coefficient (Wildman–Crippen LogP) is 3.73.